The van der Waals surface area contributed by atoms with Gasteiger partial charge in [-0.3, -0.25) is 19.0 Å². The number of anilines is 1. The molecule has 0 amide bonds. The molecular formula is C24H27F2N3O4S. The van der Waals surface area contributed by atoms with Crippen LogP contribution in [0.1, 0.15) is 54.4 Å². The molecule has 0 saturated heterocycles. The molecule has 1 unspecified atom stereocenters. The first-order valence-electron chi connectivity index (χ1n) is 10.9. The fourth-order valence-corrected chi connectivity index (χ4v) is 5.09. The smallest absolute Gasteiger partial charge is 0.320 e. The molecule has 0 fully saturated rings. The number of carbonyl (C=O) groups excluding carboxylic acids is 1. The van der Waals surface area contributed by atoms with Crippen LogP contribution >= 0.6 is 11.8 Å². The third-order valence-electron chi connectivity index (χ3n) is 5.48. The third-order valence-corrected chi connectivity index (χ3v) is 6.82. The summed E-state index contributed by atoms with van der Waals surface area (Å²) in [5.74, 6) is -3.29. The number of benzene rings is 1. The van der Waals surface area contributed by atoms with E-state index in [2.05, 4.69) is 5.32 Å². The Balaban J connectivity index is 1.71. The molecule has 0 spiro atoms. The molecule has 182 valence electrons. The maximum absolute atomic E-state index is 14.1. The zero-order valence-corrected chi connectivity index (χ0v) is 19.7. The molecule has 3 rings (SSSR count). The Kier molecular flexibility index (Phi) is 8.27. The SMILES string of the molecule is CC(C)C[C@H](NCCC1=CCC(n2c(N)c(C(=O)c3ccc(F)cc3F)ccc2=O)S1)C(=O)O. The number of nitrogens with one attached hydrogen (secondary N) is 1. The predicted octanol–water partition coefficient (Wildman–Crippen LogP) is 3.94. The number of carboxylic acids is 1. The van der Waals surface area contributed by atoms with Crippen LogP contribution in [0, 0.1) is 17.6 Å². The fraction of sp³-hybridized carbons (Fsp3) is 0.375. The number of carboxylic acid groups (broad SMARTS) is 1. The zero-order chi connectivity index (χ0) is 25.0. The molecule has 10 heteroatoms. The van der Waals surface area contributed by atoms with Gasteiger partial charge >= 0.3 is 5.97 Å². The number of pyridine rings is 1. The van der Waals surface area contributed by atoms with E-state index in [1.165, 1.54) is 28.5 Å². The Morgan fingerprint density at radius 3 is 2.59 bits per heavy atom. The summed E-state index contributed by atoms with van der Waals surface area (Å²) in [4.78, 5) is 37.8. The van der Waals surface area contributed by atoms with Crippen molar-refractivity contribution in [2.75, 3.05) is 12.3 Å². The second-order valence-electron chi connectivity index (χ2n) is 8.50. The van der Waals surface area contributed by atoms with Gasteiger partial charge < -0.3 is 16.2 Å². The number of thioether (sulfide) groups is 1. The summed E-state index contributed by atoms with van der Waals surface area (Å²) >= 11 is 1.41. The van der Waals surface area contributed by atoms with Crippen molar-refractivity contribution in [3.05, 3.63) is 74.4 Å². The van der Waals surface area contributed by atoms with Crippen LogP contribution in [0.4, 0.5) is 14.6 Å². The average molecular weight is 492 g/mol. The lowest BCUT2D eigenvalue weighted by Crippen LogP contribution is -2.38. The number of rotatable bonds is 10. The summed E-state index contributed by atoms with van der Waals surface area (Å²) in [6.07, 6.45) is 3.54. The average Bonchev–Trinajstić information content (AvgIpc) is 3.20. The Labute approximate surface area is 200 Å². The molecule has 1 aliphatic rings. The number of hydrogen-bond donors (Lipinski definition) is 3. The highest BCUT2D eigenvalue weighted by atomic mass is 32.2. The van der Waals surface area contributed by atoms with Gasteiger partial charge in [-0.2, -0.15) is 0 Å². The van der Waals surface area contributed by atoms with Crippen molar-refractivity contribution < 1.29 is 23.5 Å². The lowest BCUT2D eigenvalue weighted by atomic mass is 10.0. The van der Waals surface area contributed by atoms with E-state index in [9.17, 15) is 28.3 Å². The summed E-state index contributed by atoms with van der Waals surface area (Å²) in [6.45, 7) is 4.38. The standard InChI is InChI=1S/C24H27F2N3O4S/c1-13(2)11-19(24(32)33)28-10-9-15-4-8-21(34-15)29-20(30)7-6-17(23(29)27)22(31)16-5-3-14(25)12-18(16)26/h3-7,12-13,19,21,28H,8-11,27H2,1-2H3,(H,32,33)/t19-,21?/m0/s1. The molecule has 0 aliphatic carbocycles. The molecule has 0 bridgehead atoms. The van der Waals surface area contributed by atoms with Gasteiger partial charge in [0.25, 0.3) is 5.56 Å². The number of nitrogens with two attached hydrogens (primary N) is 1. The molecule has 1 aromatic carbocycles. The van der Waals surface area contributed by atoms with Gasteiger partial charge in [0, 0.05) is 18.7 Å². The lowest BCUT2D eigenvalue weighted by Gasteiger charge is -2.19. The molecule has 1 aliphatic heterocycles. The maximum atomic E-state index is 14.1. The number of nitrogen functional groups attached to an aromatic ring is 1. The van der Waals surface area contributed by atoms with Gasteiger partial charge in [-0.1, -0.05) is 19.9 Å². The second-order valence-corrected chi connectivity index (χ2v) is 9.80. The van der Waals surface area contributed by atoms with Crippen LogP contribution in [-0.4, -0.2) is 34.0 Å². The molecule has 2 aromatic rings. The Hall–Kier alpha value is -2.98. The van der Waals surface area contributed by atoms with E-state index in [4.69, 9.17) is 5.73 Å². The minimum atomic E-state index is -1.01. The van der Waals surface area contributed by atoms with Gasteiger partial charge in [0.05, 0.1) is 16.5 Å². The van der Waals surface area contributed by atoms with Crippen LogP contribution in [0.3, 0.4) is 0 Å². The van der Waals surface area contributed by atoms with Gasteiger partial charge in [-0.15, -0.1) is 11.8 Å². The molecule has 0 saturated carbocycles. The predicted molar refractivity (Wildman–Crippen MR) is 128 cm³/mol. The Morgan fingerprint density at radius 2 is 1.94 bits per heavy atom. The van der Waals surface area contributed by atoms with Crippen LogP contribution in [0.15, 0.2) is 46.1 Å². The topological polar surface area (TPSA) is 114 Å². The molecule has 1 aromatic heterocycles. The summed E-state index contributed by atoms with van der Waals surface area (Å²) in [5, 5.41) is 12.0. The number of halogens is 2. The van der Waals surface area contributed by atoms with E-state index in [1.54, 1.807) is 0 Å². The number of hydrogen-bond acceptors (Lipinski definition) is 6. The molecule has 34 heavy (non-hydrogen) atoms. The lowest BCUT2D eigenvalue weighted by molar-refractivity contribution is -0.139. The summed E-state index contributed by atoms with van der Waals surface area (Å²) in [7, 11) is 0. The molecule has 7 nitrogen and oxygen atoms in total. The first-order valence-corrected chi connectivity index (χ1v) is 11.8. The van der Waals surface area contributed by atoms with E-state index < -0.39 is 35.0 Å². The van der Waals surface area contributed by atoms with Crippen LogP contribution < -0.4 is 16.6 Å². The van der Waals surface area contributed by atoms with E-state index >= 15 is 0 Å². The van der Waals surface area contributed by atoms with Crippen LogP contribution in [-0.2, 0) is 4.79 Å². The van der Waals surface area contributed by atoms with Crippen molar-refractivity contribution in [2.45, 2.75) is 44.5 Å². The number of aromatic nitrogens is 1. The van der Waals surface area contributed by atoms with Gasteiger partial charge in [0.2, 0.25) is 0 Å². The van der Waals surface area contributed by atoms with E-state index in [0.717, 1.165) is 17.0 Å². The quantitative estimate of drug-likeness (QED) is 0.431. The minimum Gasteiger partial charge on any atom is -0.480 e. The number of aliphatic carboxylic acids is 1. The van der Waals surface area contributed by atoms with E-state index in [0.29, 0.717) is 31.9 Å². The number of allylic oxidation sites excluding steroid dienone is 1. The summed E-state index contributed by atoms with van der Waals surface area (Å²) in [6, 6.07) is 4.47. The molecule has 0 radical (unpaired) electrons. The molecular weight excluding hydrogens is 464 g/mol. The van der Waals surface area contributed by atoms with Crippen LogP contribution in [0.2, 0.25) is 0 Å². The van der Waals surface area contributed by atoms with E-state index in [-0.39, 0.29) is 28.2 Å². The van der Waals surface area contributed by atoms with Crippen LogP contribution in [0.25, 0.3) is 0 Å². The first-order chi connectivity index (χ1) is 16.1. The zero-order valence-electron chi connectivity index (χ0n) is 18.9. The minimum absolute atomic E-state index is 0.0428. The highest BCUT2D eigenvalue weighted by Crippen LogP contribution is 2.42. The highest BCUT2D eigenvalue weighted by molar-refractivity contribution is 8.03. The van der Waals surface area contributed by atoms with Crippen molar-refractivity contribution >= 4 is 29.3 Å². The maximum Gasteiger partial charge on any atom is 0.320 e. The second kappa shape index (κ2) is 11.0. The highest BCUT2D eigenvalue weighted by Gasteiger charge is 2.26. The summed E-state index contributed by atoms with van der Waals surface area (Å²) < 4.78 is 28.6. The third kappa shape index (κ3) is 5.92. The number of carbonyl (C=O) groups is 2. The number of ketones is 1. The normalized spacial score (nSPS) is 16.5. The van der Waals surface area contributed by atoms with Crippen molar-refractivity contribution in [3.8, 4) is 0 Å². The van der Waals surface area contributed by atoms with Gasteiger partial charge in [-0.25, -0.2) is 8.78 Å². The van der Waals surface area contributed by atoms with Crippen molar-refractivity contribution in [3.63, 3.8) is 0 Å². The first kappa shape index (κ1) is 25.6. The van der Waals surface area contributed by atoms with E-state index in [1.807, 2.05) is 19.9 Å². The van der Waals surface area contributed by atoms with Gasteiger partial charge in [-0.05, 0) is 48.3 Å². The van der Waals surface area contributed by atoms with Gasteiger partial charge in [0.15, 0.2) is 5.78 Å². The van der Waals surface area contributed by atoms with Crippen LogP contribution in [0.5, 0.6) is 0 Å². The monoisotopic (exact) mass is 491 g/mol. The number of nitrogens with zero attached hydrogens (tertiary/aromatic N) is 1. The summed E-state index contributed by atoms with van der Waals surface area (Å²) in [5.41, 5.74) is 5.40. The largest absolute Gasteiger partial charge is 0.480 e. The Bertz CT molecular complexity index is 1180. The fourth-order valence-electron chi connectivity index (χ4n) is 3.81. The van der Waals surface area contributed by atoms with Crippen molar-refractivity contribution in [1.29, 1.82) is 0 Å². The molecule has 2 atom stereocenters. The molecule has 2 heterocycles. The van der Waals surface area contributed by atoms with Crippen molar-refractivity contribution in [1.82, 2.24) is 9.88 Å². The van der Waals surface area contributed by atoms with Gasteiger partial charge in [0.1, 0.15) is 23.5 Å². The Morgan fingerprint density at radius 1 is 1.24 bits per heavy atom. The molecule has 4 N–H and O–H groups in total. The van der Waals surface area contributed by atoms with Crippen molar-refractivity contribution in [2.24, 2.45) is 5.92 Å².